The maximum Gasteiger partial charge on any atom is 0.334 e. The number of nitrogens with zero attached hydrogens (tertiary/aromatic N) is 1. The normalized spacial score (nSPS) is 18.8. The highest BCUT2D eigenvalue weighted by Crippen LogP contribution is 2.38. The van der Waals surface area contributed by atoms with Gasteiger partial charge in [0.15, 0.2) is 5.78 Å². The van der Waals surface area contributed by atoms with E-state index in [0.717, 1.165) is 38.5 Å². The molecule has 6 heteroatoms. The number of hydrogen-bond acceptors (Lipinski definition) is 5. The Hall–Kier alpha value is -1.27. The number of carbonyl (C=O) groups is 3. The van der Waals surface area contributed by atoms with E-state index in [2.05, 4.69) is 13.8 Å². The van der Waals surface area contributed by atoms with Crippen LogP contribution in [0.5, 0.6) is 0 Å². The van der Waals surface area contributed by atoms with Crippen LogP contribution in [0.25, 0.3) is 0 Å². The fraction of sp³-hybridized carbons (Fsp3) is 0.919. The van der Waals surface area contributed by atoms with Crippen molar-refractivity contribution in [2.75, 3.05) is 6.54 Å². The Kier molecular flexibility index (Phi) is 24.0. The van der Waals surface area contributed by atoms with Gasteiger partial charge in [0, 0.05) is 19.4 Å². The summed E-state index contributed by atoms with van der Waals surface area (Å²) in [5, 5.41) is 21.4. The summed E-state index contributed by atoms with van der Waals surface area (Å²) in [4.78, 5) is 38.9. The molecule has 1 heterocycles. The van der Waals surface area contributed by atoms with Gasteiger partial charge in [0.1, 0.15) is 5.78 Å². The van der Waals surface area contributed by atoms with Crippen molar-refractivity contribution in [1.82, 2.24) is 5.06 Å². The molecule has 1 saturated heterocycles. The first kappa shape index (κ1) is 39.8. The Bertz CT molecular complexity index is 726. The van der Waals surface area contributed by atoms with Crippen LogP contribution in [0.2, 0.25) is 0 Å². The third-order valence-corrected chi connectivity index (χ3v) is 9.71. The zero-order chi connectivity index (χ0) is 31.6. The number of hydrogen-bond donors (Lipinski definition) is 2. The van der Waals surface area contributed by atoms with Crippen molar-refractivity contribution >= 4 is 17.5 Å². The van der Waals surface area contributed by atoms with Crippen LogP contribution in [0, 0.1) is 5.92 Å². The fourth-order valence-corrected chi connectivity index (χ4v) is 6.91. The molecule has 43 heavy (non-hydrogen) atoms. The molecule has 0 aromatic heterocycles. The van der Waals surface area contributed by atoms with Gasteiger partial charge in [-0.3, -0.25) is 9.59 Å². The standard InChI is InChI=1S/C37H69NO5/c1-3-5-7-9-11-13-15-17-19-21-23-25-27-29-34(39)33-31-32-38(43)37(33,36(41)42)35(40)30-28-26-24-22-20-18-16-14-12-10-8-6-4-2/h33,43H,3-32H2,1-2H3,(H,41,42). The van der Waals surface area contributed by atoms with E-state index in [9.17, 15) is 24.7 Å². The maximum absolute atomic E-state index is 13.3. The van der Waals surface area contributed by atoms with E-state index in [-0.39, 0.29) is 31.6 Å². The van der Waals surface area contributed by atoms with Crippen molar-refractivity contribution in [2.45, 2.75) is 206 Å². The number of aliphatic carboxylic acids is 1. The van der Waals surface area contributed by atoms with Crippen molar-refractivity contribution in [3.8, 4) is 0 Å². The van der Waals surface area contributed by atoms with Gasteiger partial charge in [0.25, 0.3) is 0 Å². The molecule has 1 aliphatic rings. The van der Waals surface area contributed by atoms with Gasteiger partial charge < -0.3 is 10.3 Å². The van der Waals surface area contributed by atoms with E-state index in [1.165, 1.54) is 122 Å². The lowest BCUT2D eigenvalue weighted by Gasteiger charge is -2.33. The van der Waals surface area contributed by atoms with Crippen LogP contribution in [-0.4, -0.2) is 45.0 Å². The lowest BCUT2D eigenvalue weighted by molar-refractivity contribution is -0.194. The topological polar surface area (TPSA) is 94.9 Å². The highest BCUT2D eigenvalue weighted by atomic mass is 16.5. The molecule has 0 saturated carbocycles. The summed E-state index contributed by atoms with van der Waals surface area (Å²) in [6, 6.07) is 0. The number of carboxylic acids is 1. The Morgan fingerprint density at radius 3 is 1.23 bits per heavy atom. The molecular weight excluding hydrogens is 538 g/mol. The van der Waals surface area contributed by atoms with Gasteiger partial charge in [0.05, 0.1) is 5.92 Å². The molecule has 1 rings (SSSR count). The van der Waals surface area contributed by atoms with Crippen molar-refractivity contribution in [1.29, 1.82) is 0 Å². The summed E-state index contributed by atoms with van der Waals surface area (Å²) in [6.45, 7) is 4.54. The molecule has 0 aliphatic carbocycles. The summed E-state index contributed by atoms with van der Waals surface area (Å²) in [5.41, 5.74) is -2.11. The number of carboxylic acid groups (broad SMARTS) is 1. The van der Waals surface area contributed by atoms with Gasteiger partial charge in [-0.15, -0.1) is 0 Å². The summed E-state index contributed by atoms with van der Waals surface area (Å²) in [6.07, 6.45) is 31.9. The summed E-state index contributed by atoms with van der Waals surface area (Å²) in [7, 11) is 0. The zero-order valence-corrected chi connectivity index (χ0v) is 28.4. The second kappa shape index (κ2) is 26.0. The van der Waals surface area contributed by atoms with Crippen molar-refractivity contribution < 1.29 is 24.7 Å². The number of unbranched alkanes of at least 4 members (excludes halogenated alkanes) is 24. The van der Waals surface area contributed by atoms with E-state index in [1.807, 2.05) is 0 Å². The minimum atomic E-state index is -2.11. The number of carbonyl (C=O) groups excluding carboxylic acids is 2. The summed E-state index contributed by atoms with van der Waals surface area (Å²) >= 11 is 0. The van der Waals surface area contributed by atoms with Crippen LogP contribution in [0.4, 0.5) is 0 Å². The molecule has 252 valence electrons. The van der Waals surface area contributed by atoms with Crippen molar-refractivity contribution in [3.05, 3.63) is 0 Å². The monoisotopic (exact) mass is 608 g/mol. The summed E-state index contributed by atoms with van der Waals surface area (Å²) < 4.78 is 0. The molecule has 0 spiro atoms. The highest BCUT2D eigenvalue weighted by molar-refractivity contribution is 6.12. The lowest BCUT2D eigenvalue weighted by Crippen LogP contribution is -2.60. The summed E-state index contributed by atoms with van der Waals surface area (Å²) in [5.74, 6) is -3.02. The Morgan fingerprint density at radius 2 is 0.884 bits per heavy atom. The SMILES string of the molecule is CCCCCCCCCCCCCCCC(=O)C1CCN(O)C1(C(=O)O)C(=O)CCCCCCCCCCCCCCC. The second-order valence-corrected chi connectivity index (χ2v) is 13.4. The molecule has 2 N–H and O–H groups in total. The average Bonchev–Trinajstić information content (AvgIpc) is 3.35. The zero-order valence-electron chi connectivity index (χ0n) is 28.4. The van der Waals surface area contributed by atoms with Crippen LogP contribution in [0.3, 0.4) is 0 Å². The predicted molar refractivity (Wildman–Crippen MR) is 178 cm³/mol. The Labute approximate surface area is 265 Å². The quantitative estimate of drug-likeness (QED) is 0.0601. The van der Waals surface area contributed by atoms with Crippen LogP contribution in [0.15, 0.2) is 0 Å². The van der Waals surface area contributed by atoms with Crippen LogP contribution in [-0.2, 0) is 14.4 Å². The molecule has 0 amide bonds. The predicted octanol–water partition coefficient (Wildman–Crippen LogP) is 10.6. The van der Waals surface area contributed by atoms with Gasteiger partial charge in [-0.2, -0.15) is 5.06 Å². The Balaban J connectivity index is 2.27. The minimum Gasteiger partial charge on any atom is -0.479 e. The smallest absolute Gasteiger partial charge is 0.334 e. The van der Waals surface area contributed by atoms with Gasteiger partial charge >= 0.3 is 5.97 Å². The largest absolute Gasteiger partial charge is 0.479 e. The number of ketones is 2. The van der Waals surface area contributed by atoms with Crippen molar-refractivity contribution in [2.24, 2.45) is 5.92 Å². The van der Waals surface area contributed by atoms with Crippen molar-refractivity contribution in [3.63, 3.8) is 0 Å². The molecule has 0 aromatic rings. The molecule has 2 atom stereocenters. The molecule has 0 aromatic carbocycles. The highest BCUT2D eigenvalue weighted by Gasteiger charge is 2.61. The van der Waals surface area contributed by atoms with E-state index in [0.29, 0.717) is 11.5 Å². The fourth-order valence-electron chi connectivity index (χ4n) is 6.91. The van der Waals surface area contributed by atoms with E-state index < -0.39 is 23.2 Å². The van der Waals surface area contributed by atoms with Crippen LogP contribution >= 0.6 is 0 Å². The third-order valence-electron chi connectivity index (χ3n) is 9.71. The second-order valence-electron chi connectivity index (χ2n) is 13.4. The molecule has 0 radical (unpaired) electrons. The molecule has 6 nitrogen and oxygen atoms in total. The van der Waals surface area contributed by atoms with Gasteiger partial charge in [-0.1, -0.05) is 168 Å². The molecule has 1 fully saturated rings. The first-order chi connectivity index (χ1) is 20.9. The number of hydroxylamine groups is 2. The average molecular weight is 608 g/mol. The first-order valence-electron chi connectivity index (χ1n) is 18.7. The van der Waals surface area contributed by atoms with Crippen LogP contribution < -0.4 is 0 Å². The molecule has 1 aliphatic heterocycles. The molecular formula is C37H69NO5. The molecule has 0 bridgehead atoms. The minimum absolute atomic E-state index is 0.0473. The lowest BCUT2D eigenvalue weighted by atomic mass is 9.76. The van der Waals surface area contributed by atoms with E-state index in [1.54, 1.807) is 0 Å². The van der Waals surface area contributed by atoms with Gasteiger partial charge in [-0.25, -0.2) is 4.79 Å². The number of Topliss-reactive ketones (excluding diaryl/α,β-unsaturated/α-hetero) is 2. The van der Waals surface area contributed by atoms with E-state index in [4.69, 9.17) is 0 Å². The van der Waals surface area contributed by atoms with Gasteiger partial charge in [0.2, 0.25) is 5.54 Å². The maximum atomic E-state index is 13.3. The molecule has 2 unspecified atom stereocenters. The van der Waals surface area contributed by atoms with Crippen LogP contribution in [0.1, 0.15) is 200 Å². The third kappa shape index (κ3) is 16.0. The number of rotatable bonds is 31. The van der Waals surface area contributed by atoms with Gasteiger partial charge in [-0.05, 0) is 19.3 Å². The Morgan fingerprint density at radius 1 is 0.558 bits per heavy atom. The van der Waals surface area contributed by atoms with E-state index >= 15 is 0 Å². The first-order valence-corrected chi connectivity index (χ1v) is 18.7.